The molecule has 0 fully saturated rings. The van der Waals surface area contributed by atoms with Crippen LogP contribution in [0.5, 0.6) is 0 Å². The van der Waals surface area contributed by atoms with Crippen molar-refractivity contribution in [3.63, 3.8) is 0 Å². The van der Waals surface area contributed by atoms with E-state index in [-0.39, 0.29) is 5.91 Å². The van der Waals surface area contributed by atoms with Gasteiger partial charge in [0.1, 0.15) is 0 Å². The van der Waals surface area contributed by atoms with Crippen LogP contribution in [0.15, 0.2) is 78.4 Å². The highest BCUT2D eigenvalue weighted by Gasteiger charge is 2.45. The van der Waals surface area contributed by atoms with Gasteiger partial charge in [-0.2, -0.15) is 0 Å². The van der Waals surface area contributed by atoms with E-state index in [1.54, 1.807) is 0 Å². The fourth-order valence-electron chi connectivity index (χ4n) is 5.19. The normalized spacial score (nSPS) is 20.4. The summed E-state index contributed by atoms with van der Waals surface area (Å²) in [6.45, 7) is 2.13. The smallest absolute Gasteiger partial charge is 0.237 e. The van der Waals surface area contributed by atoms with E-state index >= 15 is 0 Å². The number of halogens is 1. The molecule has 1 amide bonds. The summed E-state index contributed by atoms with van der Waals surface area (Å²) in [6, 6.07) is 24.8. The van der Waals surface area contributed by atoms with Crippen molar-refractivity contribution >= 4 is 28.8 Å². The number of benzene rings is 3. The predicted molar refractivity (Wildman–Crippen MR) is 124 cm³/mol. The molecule has 1 aliphatic carbocycles. The zero-order chi connectivity index (χ0) is 20.9. The van der Waals surface area contributed by atoms with Crippen LogP contribution in [0.3, 0.4) is 0 Å². The standard InChI is InChI=1S/C27H24ClNO/c1-27(17-18-8-4-3-5-9-18)23-15-12-19-16-20(28)13-14-21(19)25(23)22-10-6-7-11-24(22)29(2)26(27)30/h3-11,13-14,16H,12,15,17H2,1-2H3. The second kappa shape index (κ2) is 7.14. The summed E-state index contributed by atoms with van der Waals surface area (Å²) in [5.41, 5.74) is 7.58. The highest BCUT2D eigenvalue weighted by molar-refractivity contribution is 6.30. The average Bonchev–Trinajstić information content (AvgIpc) is 2.83. The molecule has 3 aromatic rings. The van der Waals surface area contributed by atoms with Crippen molar-refractivity contribution in [3.8, 4) is 0 Å². The van der Waals surface area contributed by atoms with E-state index in [0.29, 0.717) is 6.42 Å². The van der Waals surface area contributed by atoms with Gasteiger partial charge in [-0.15, -0.1) is 0 Å². The lowest BCUT2D eigenvalue weighted by Crippen LogP contribution is -2.42. The number of para-hydroxylation sites is 1. The molecule has 3 heteroatoms. The summed E-state index contributed by atoms with van der Waals surface area (Å²) in [7, 11) is 1.91. The molecule has 1 heterocycles. The predicted octanol–water partition coefficient (Wildman–Crippen LogP) is 6.31. The number of amides is 1. The van der Waals surface area contributed by atoms with E-state index in [1.165, 1.54) is 27.8 Å². The number of nitrogens with zero attached hydrogens (tertiary/aromatic N) is 1. The van der Waals surface area contributed by atoms with E-state index in [2.05, 4.69) is 49.4 Å². The molecular weight excluding hydrogens is 390 g/mol. The van der Waals surface area contributed by atoms with Gasteiger partial charge in [0.2, 0.25) is 5.91 Å². The number of rotatable bonds is 2. The molecule has 0 saturated carbocycles. The van der Waals surface area contributed by atoms with Gasteiger partial charge < -0.3 is 4.90 Å². The average molecular weight is 414 g/mol. The molecular formula is C27H24ClNO. The lowest BCUT2D eigenvalue weighted by atomic mass is 9.68. The highest BCUT2D eigenvalue weighted by atomic mass is 35.5. The van der Waals surface area contributed by atoms with Crippen molar-refractivity contribution in [3.05, 3.63) is 106 Å². The quantitative estimate of drug-likeness (QED) is 0.481. The zero-order valence-electron chi connectivity index (χ0n) is 17.3. The van der Waals surface area contributed by atoms with Gasteiger partial charge in [0.15, 0.2) is 0 Å². The Morgan fingerprint density at radius 2 is 1.67 bits per heavy atom. The van der Waals surface area contributed by atoms with Crippen molar-refractivity contribution < 1.29 is 4.79 Å². The molecule has 0 bridgehead atoms. The Morgan fingerprint density at radius 3 is 2.47 bits per heavy atom. The van der Waals surface area contributed by atoms with Gasteiger partial charge in [0, 0.05) is 17.6 Å². The van der Waals surface area contributed by atoms with E-state index in [4.69, 9.17) is 11.6 Å². The molecule has 2 nitrogen and oxygen atoms in total. The van der Waals surface area contributed by atoms with Crippen LogP contribution >= 0.6 is 11.6 Å². The Morgan fingerprint density at radius 1 is 0.933 bits per heavy atom. The number of carbonyl (C=O) groups is 1. The topological polar surface area (TPSA) is 20.3 Å². The van der Waals surface area contributed by atoms with E-state index in [9.17, 15) is 4.79 Å². The maximum Gasteiger partial charge on any atom is 0.237 e. The van der Waals surface area contributed by atoms with Gasteiger partial charge in [0.05, 0.1) is 11.1 Å². The molecule has 150 valence electrons. The lowest BCUT2D eigenvalue weighted by molar-refractivity contribution is -0.125. The van der Waals surface area contributed by atoms with E-state index in [0.717, 1.165) is 29.1 Å². The van der Waals surface area contributed by atoms with Crippen molar-refractivity contribution in [2.45, 2.75) is 26.2 Å². The fourth-order valence-corrected chi connectivity index (χ4v) is 5.39. The summed E-state index contributed by atoms with van der Waals surface area (Å²) >= 11 is 6.32. The minimum absolute atomic E-state index is 0.154. The Balaban J connectivity index is 1.80. The lowest BCUT2D eigenvalue weighted by Gasteiger charge is -2.36. The minimum atomic E-state index is -0.609. The van der Waals surface area contributed by atoms with Gasteiger partial charge in [-0.05, 0) is 72.2 Å². The number of hydrogen-bond acceptors (Lipinski definition) is 1. The molecule has 30 heavy (non-hydrogen) atoms. The first-order valence-corrected chi connectivity index (χ1v) is 10.8. The van der Waals surface area contributed by atoms with Crippen molar-refractivity contribution in [1.29, 1.82) is 0 Å². The van der Waals surface area contributed by atoms with Crippen molar-refractivity contribution in [2.24, 2.45) is 5.41 Å². The van der Waals surface area contributed by atoms with Crippen LogP contribution in [0.1, 0.15) is 35.6 Å². The van der Waals surface area contributed by atoms with Crippen LogP contribution in [-0.4, -0.2) is 13.0 Å². The van der Waals surface area contributed by atoms with Gasteiger partial charge >= 0.3 is 0 Å². The van der Waals surface area contributed by atoms with Gasteiger partial charge in [-0.1, -0.05) is 66.2 Å². The third-order valence-corrected chi connectivity index (χ3v) is 6.90. The molecule has 0 aromatic heterocycles. The summed E-state index contributed by atoms with van der Waals surface area (Å²) < 4.78 is 0. The van der Waals surface area contributed by atoms with Crippen LogP contribution in [0.4, 0.5) is 5.69 Å². The molecule has 1 atom stereocenters. The minimum Gasteiger partial charge on any atom is -0.314 e. The van der Waals surface area contributed by atoms with Crippen molar-refractivity contribution in [2.75, 3.05) is 11.9 Å². The Bertz CT molecular complexity index is 1180. The molecule has 0 radical (unpaired) electrons. The Kier molecular flexibility index (Phi) is 4.56. The zero-order valence-corrected chi connectivity index (χ0v) is 18.0. The second-order valence-corrected chi connectivity index (χ2v) is 8.97. The Labute approximate surface area is 182 Å². The second-order valence-electron chi connectivity index (χ2n) is 8.53. The first-order chi connectivity index (χ1) is 14.5. The van der Waals surface area contributed by atoms with Crippen LogP contribution < -0.4 is 4.90 Å². The summed E-state index contributed by atoms with van der Waals surface area (Å²) in [4.78, 5) is 15.8. The molecule has 0 N–H and O–H groups in total. The number of hydrogen-bond donors (Lipinski definition) is 0. The van der Waals surface area contributed by atoms with Crippen LogP contribution in [0, 0.1) is 5.41 Å². The summed E-state index contributed by atoms with van der Waals surface area (Å²) in [5.74, 6) is 0.154. The fraction of sp³-hybridized carbons (Fsp3) is 0.222. The third kappa shape index (κ3) is 2.90. The maximum absolute atomic E-state index is 13.9. The monoisotopic (exact) mass is 413 g/mol. The number of fused-ring (bicyclic) bond motifs is 4. The summed E-state index contributed by atoms with van der Waals surface area (Å²) in [6.07, 6.45) is 2.45. The summed E-state index contributed by atoms with van der Waals surface area (Å²) in [5, 5.41) is 0.764. The number of anilines is 1. The van der Waals surface area contributed by atoms with Crippen LogP contribution in [0.2, 0.25) is 5.02 Å². The number of aryl methyl sites for hydroxylation is 1. The third-order valence-electron chi connectivity index (χ3n) is 6.66. The van der Waals surface area contributed by atoms with Crippen molar-refractivity contribution in [1.82, 2.24) is 0 Å². The van der Waals surface area contributed by atoms with E-state index in [1.807, 2.05) is 42.3 Å². The number of carbonyl (C=O) groups excluding carboxylic acids is 1. The first kappa shape index (κ1) is 19.1. The largest absolute Gasteiger partial charge is 0.314 e. The van der Waals surface area contributed by atoms with Crippen LogP contribution in [0.25, 0.3) is 5.57 Å². The molecule has 1 unspecified atom stereocenters. The molecule has 0 spiro atoms. The Hall–Kier alpha value is -2.84. The van der Waals surface area contributed by atoms with Gasteiger partial charge in [-0.3, -0.25) is 4.79 Å². The van der Waals surface area contributed by atoms with Crippen LogP contribution in [-0.2, 0) is 17.6 Å². The molecule has 5 rings (SSSR count). The molecule has 0 saturated heterocycles. The van der Waals surface area contributed by atoms with E-state index < -0.39 is 5.41 Å². The maximum atomic E-state index is 13.9. The molecule has 2 aliphatic rings. The SMILES string of the molecule is CN1C(=O)C(C)(Cc2ccccc2)C2=C(c3ccc(Cl)cc3CC2)c2ccccc21. The first-order valence-electron chi connectivity index (χ1n) is 10.4. The highest BCUT2D eigenvalue weighted by Crippen LogP contribution is 2.51. The van der Waals surface area contributed by atoms with Gasteiger partial charge in [0.25, 0.3) is 0 Å². The molecule has 3 aromatic carbocycles. The van der Waals surface area contributed by atoms with Gasteiger partial charge in [-0.25, -0.2) is 0 Å². The molecule has 1 aliphatic heterocycles.